The van der Waals surface area contributed by atoms with Crippen molar-refractivity contribution in [3.63, 3.8) is 0 Å². The van der Waals surface area contributed by atoms with E-state index in [1.165, 1.54) is 27.1 Å². The number of fused-ring (bicyclic) bond motifs is 2. The molecule has 0 bridgehead atoms. The molecule has 1 aliphatic rings. The quantitative estimate of drug-likeness (QED) is 0.746. The van der Waals surface area contributed by atoms with Gasteiger partial charge in [-0.3, -0.25) is 4.90 Å². The number of piperazine rings is 1. The summed E-state index contributed by atoms with van der Waals surface area (Å²) in [6, 6.07) is 22.0. The summed E-state index contributed by atoms with van der Waals surface area (Å²) >= 11 is 0. The summed E-state index contributed by atoms with van der Waals surface area (Å²) < 4.78 is 0. The molecule has 1 fully saturated rings. The van der Waals surface area contributed by atoms with Crippen molar-refractivity contribution in [2.24, 2.45) is 0 Å². The maximum Gasteiger partial charge on any atom is 0.0641 e. The predicted molar refractivity (Wildman–Crippen MR) is 98.9 cm³/mol. The van der Waals surface area contributed by atoms with E-state index in [1.807, 2.05) is 0 Å². The number of benzene rings is 3. The first-order chi connectivity index (χ1) is 11.9. The maximum absolute atomic E-state index is 9.48. The van der Waals surface area contributed by atoms with Crippen molar-refractivity contribution in [1.82, 2.24) is 10.2 Å². The lowest BCUT2D eigenvalue weighted by Crippen LogP contribution is -2.45. The Morgan fingerprint density at radius 3 is 2.12 bits per heavy atom. The van der Waals surface area contributed by atoms with Crippen molar-refractivity contribution < 1.29 is 0 Å². The third-order valence-electron chi connectivity index (χ3n) is 5.02. The molecule has 0 radical (unpaired) electrons. The summed E-state index contributed by atoms with van der Waals surface area (Å²) in [5, 5.41) is 17.9. The molecule has 1 saturated heterocycles. The van der Waals surface area contributed by atoms with Gasteiger partial charge in [-0.1, -0.05) is 48.5 Å². The Bertz CT molecular complexity index is 850. The Kier molecular flexibility index (Phi) is 4.17. The molecule has 1 N–H and O–H groups in total. The van der Waals surface area contributed by atoms with Crippen molar-refractivity contribution in [1.29, 1.82) is 5.26 Å². The molecule has 0 unspecified atom stereocenters. The lowest BCUT2D eigenvalue weighted by molar-refractivity contribution is 0.177. The summed E-state index contributed by atoms with van der Waals surface area (Å²) in [5.74, 6) is 0. The van der Waals surface area contributed by atoms with Gasteiger partial charge in [0.05, 0.1) is 12.5 Å². The molecule has 0 saturated carbocycles. The number of hydrogen-bond acceptors (Lipinski definition) is 3. The lowest BCUT2D eigenvalue weighted by Gasteiger charge is -2.35. The van der Waals surface area contributed by atoms with Gasteiger partial charge in [-0.25, -0.2) is 0 Å². The van der Waals surface area contributed by atoms with E-state index in [0.717, 1.165) is 26.2 Å². The van der Waals surface area contributed by atoms with Crippen LogP contribution >= 0.6 is 0 Å². The van der Waals surface area contributed by atoms with Crippen molar-refractivity contribution in [2.75, 3.05) is 26.2 Å². The molecule has 3 heteroatoms. The summed E-state index contributed by atoms with van der Waals surface area (Å²) in [4.78, 5) is 2.47. The number of hydrogen-bond donors (Lipinski definition) is 1. The summed E-state index contributed by atoms with van der Waals surface area (Å²) in [5.41, 5.74) is 1.31. The fourth-order valence-corrected chi connectivity index (χ4v) is 3.90. The van der Waals surface area contributed by atoms with Crippen LogP contribution in [0.2, 0.25) is 0 Å². The average molecular weight is 315 g/mol. The van der Waals surface area contributed by atoms with Crippen molar-refractivity contribution in [2.45, 2.75) is 12.5 Å². The highest BCUT2D eigenvalue weighted by Crippen LogP contribution is 2.37. The molecule has 3 aromatic carbocycles. The Balaban J connectivity index is 1.98. The van der Waals surface area contributed by atoms with Gasteiger partial charge >= 0.3 is 0 Å². The van der Waals surface area contributed by atoms with Crippen molar-refractivity contribution in [3.05, 3.63) is 60.2 Å². The zero-order valence-corrected chi connectivity index (χ0v) is 13.7. The Labute approximate surface area is 142 Å². The zero-order valence-electron chi connectivity index (χ0n) is 13.7. The second kappa shape index (κ2) is 6.60. The minimum atomic E-state index is 0.146. The molecule has 3 nitrogen and oxygen atoms in total. The van der Waals surface area contributed by atoms with Gasteiger partial charge in [0.25, 0.3) is 0 Å². The monoisotopic (exact) mass is 315 g/mol. The summed E-state index contributed by atoms with van der Waals surface area (Å²) in [7, 11) is 0. The van der Waals surface area contributed by atoms with Gasteiger partial charge in [0.15, 0.2) is 0 Å². The molecule has 0 aliphatic carbocycles. The second-order valence-corrected chi connectivity index (χ2v) is 6.40. The molecule has 1 aliphatic heterocycles. The molecule has 3 aromatic rings. The van der Waals surface area contributed by atoms with E-state index in [9.17, 15) is 5.26 Å². The van der Waals surface area contributed by atoms with Crippen LogP contribution in [0.15, 0.2) is 54.6 Å². The second-order valence-electron chi connectivity index (χ2n) is 6.40. The van der Waals surface area contributed by atoms with Crippen LogP contribution in [0.1, 0.15) is 18.0 Å². The normalized spacial score (nSPS) is 17.0. The fraction of sp³-hybridized carbons (Fsp3) is 0.286. The van der Waals surface area contributed by atoms with Crippen LogP contribution in [0.5, 0.6) is 0 Å². The topological polar surface area (TPSA) is 39.1 Å². The summed E-state index contributed by atoms with van der Waals surface area (Å²) in [6.45, 7) is 3.96. The van der Waals surface area contributed by atoms with Crippen LogP contribution in [0.4, 0.5) is 0 Å². The van der Waals surface area contributed by atoms with Crippen LogP contribution < -0.4 is 5.32 Å². The van der Waals surface area contributed by atoms with Gasteiger partial charge in [-0.05, 0) is 33.2 Å². The smallest absolute Gasteiger partial charge is 0.0641 e. The summed E-state index contributed by atoms with van der Waals surface area (Å²) in [6.07, 6.45) is 0.526. The van der Waals surface area contributed by atoms with Crippen LogP contribution in [-0.2, 0) is 0 Å². The maximum atomic E-state index is 9.48. The number of rotatable bonds is 3. The molecule has 120 valence electrons. The van der Waals surface area contributed by atoms with E-state index in [0.29, 0.717) is 6.42 Å². The first-order valence-corrected chi connectivity index (χ1v) is 8.60. The van der Waals surface area contributed by atoms with Crippen LogP contribution in [0, 0.1) is 11.3 Å². The van der Waals surface area contributed by atoms with E-state index >= 15 is 0 Å². The molecular weight excluding hydrogens is 294 g/mol. The molecule has 0 spiro atoms. The number of nitrogens with one attached hydrogen (secondary N) is 1. The van der Waals surface area contributed by atoms with Crippen molar-refractivity contribution >= 4 is 21.5 Å². The standard InChI is InChI=1S/C21H21N3/c22-10-9-20(24-13-11-23-12-14-24)21-18-7-3-1-5-16(18)15-17-6-2-4-8-19(17)21/h1-8,15,20,23H,9,11-14H2/t20-/m0/s1. The van der Waals surface area contributed by atoms with Crippen molar-refractivity contribution in [3.8, 4) is 6.07 Å². The molecule has 0 amide bonds. The SMILES string of the molecule is N#CC[C@@H](c1c2ccccc2cc2ccccc12)N1CCNCC1. The average Bonchev–Trinajstić information content (AvgIpc) is 2.65. The lowest BCUT2D eigenvalue weighted by atomic mass is 9.90. The van der Waals surface area contributed by atoms with Gasteiger partial charge < -0.3 is 5.32 Å². The molecule has 1 atom stereocenters. The highest BCUT2D eigenvalue weighted by atomic mass is 15.2. The van der Waals surface area contributed by atoms with Gasteiger partial charge in [0, 0.05) is 32.2 Å². The van der Waals surface area contributed by atoms with Gasteiger partial charge in [0.1, 0.15) is 0 Å². The van der Waals surface area contributed by atoms with Crippen LogP contribution in [-0.4, -0.2) is 31.1 Å². The number of nitrogens with zero attached hydrogens (tertiary/aromatic N) is 2. The highest BCUT2D eigenvalue weighted by molar-refractivity contribution is 6.02. The predicted octanol–water partition coefficient (Wildman–Crippen LogP) is 3.85. The molecular formula is C21H21N3. The largest absolute Gasteiger partial charge is 0.314 e. The van der Waals surface area contributed by atoms with E-state index in [2.05, 4.69) is 70.9 Å². The van der Waals surface area contributed by atoms with E-state index in [-0.39, 0.29) is 6.04 Å². The minimum Gasteiger partial charge on any atom is -0.314 e. The zero-order chi connectivity index (χ0) is 16.4. The van der Waals surface area contributed by atoms with E-state index < -0.39 is 0 Å². The molecule has 0 aromatic heterocycles. The van der Waals surface area contributed by atoms with E-state index in [1.54, 1.807) is 0 Å². The van der Waals surface area contributed by atoms with Gasteiger partial charge in [-0.2, -0.15) is 5.26 Å². The van der Waals surface area contributed by atoms with Crippen LogP contribution in [0.3, 0.4) is 0 Å². The molecule has 1 heterocycles. The van der Waals surface area contributed by atoms with E-state index in [4.69, 9.17) is 0 Å². The highest BCUT2D eigenvalue weighted by Gasteiger charge is 2.25. The Hall–Kier alpha value is -2.41. The van der Waals surface area contributed by atoms with Crippen LogP contribution in [0.25, 0.3) is 21.5 Å². The fourth-order valence-electron chi connectivity index (χ4n) is 3.90. The third-order valence-corrected chi connectivity index (χ3v) is 5.02. The first-order valence-electron chi connectivity index (χ1n) is 8.60. The van der Waals surface area contributed by atoms with Gasteiger partial charge in [-0.15, -0.1) is 0 Å². The molecule has 4 rings (SSSR count). The minimum absolute atomic E-state index is 0.146. The Morgan fingerprint density at radius 1 is 0.958 bits per heavy atom. The number of nitriles is 1. The molecule has 24 heavy (non-hydrogen) atoms. The Morgan fingerprint density at radius 2 is 1.54 bits per heavy atom. The van der Waals surface area contributed by atoms with Gasteiger partial charge in [0.2, 0.25) is 0 Å². The third kappa shape index (κ3) is 2.65. The first kappa shape index (κ1) is 15.1.